The molecule has 0 heterocycles. The predicted octanol–water partition coefficient (Wildman–Crippen LogP) is 4.95. The summed E-state index contributed by atoms with van der Waals surface area (Å²) < 4.78 is 0. The maximum atomic E-state index is 12.2. The van der Waals surface area contributed by atoms with E-state index in [0.717, 1.165) is 27.6 Å². The quantitative estimate of drug-likeness (QED) is 0.651. The van der Waals surface area contributed by atoms with Gasteiger partial charge in [-0.3, -0.25) is 5.32 Å². The molecule has 0 radical (unpaired) electrons. The fraction of sp³-hybridized carbons (Fsp3) is 0.100. The minimum atomic E-state index is -0.337. The van der Waals surface area contributed by atoms with E-state index < -0.39 is 0 Å². The molecule has 0 saturated heterocycles. The monoisotopic (exact) mass is 334 g/mol. The van der Waals surface area contributed by atoms with Crippen molar-refractivity contribution in [3.63, 3.8) is 0 Å². The largest absolute Gasteiger partial charge is 0.324 e. The lowest BCUT2D eigenvalue weighted by Gasteiger charge is -2.11. The van der Waals surface area contributed by atoms with Crippen molar-refractivity contribution in [1.82, 2.24) is 5.32 Å². The van der Waals surface area contributed by atoms with E-state index in [1.165, 1.54) is 5.56 Å². The molecule has 24 heavy (non-hydrogen) atoms. The van der Waals surface area contributed by atoms with Crippen molar-refractivity contribution >= 4 is 39.7 Å². The van der Waals surface area contributed by atoms with Gasteiger partial charge in [-0.25, -0.2) is 4.79 Å². The number of thiocarbonyl (C=S) groups is 1. The molecule has 0 aliphatic rings. The van der Waals surface area contributed by atoms with Gasteiger partial charge in [0.25, 0.3) is 0 Å². The minimum Gasteiger partial charge on any atom is -0.308 e. The molecular weight excluding hydrogens is 316 g/mol. The molecule has 0 aliphatic heterocycles. The number of carbonyl (C=O) groups excluding carboxylic acids is 1. The molecule has 2 N–H and O–H groups in total. The summed E-state index contributed by atoms with van der Waals surface area (Å²) in [5.74, 6) is 0. The lowest BCUT2D eigenvalue weighted by atomic mass is 10.0. The van der Waals surface area contributed by atoms with E-state index >= 15 is 0 Å². The molecule has 0 aromatic heterocycles. The lowest BCUT2D eigenvalue weighted by molar-refractivity contribution is 0.256. The van der Waals surface area contributed by atoms with Crippen LogP contribution >= 0.6 is 12.2 Å². The maximum Gasteiger partial charge on any atom is 0.324 e. The first kappa shape index (κ1) is 16.1. The Balaban J connectivity index is 1.76. The van der Waals surface area contributed by atoms with Crippen molar-refractivity contribution in [3.8, 4) is 0 Å². The minimum absolute atomic E-state index is 0.337. The normalized spacial score (nSPS) is 10.4. The standard InChI is InChI=1S/C20H18N2OS/c1-13-10-11-16(12-14(13)2)21-20(23)22-19(24)18-9-5-7-15-6-3-4-8-17(15)18/h3-12H,1-2H3,(H2,21,22,23,24). The van der Waals surface area contributed by atoms with Gasteiger partial charge in [-0.2, -0.15) is 0 Å². The number of nitrogens with one attached hydrogen (secondary N) is 2. The van der Waals surface area contributed by atoms with Crippen LogP contribution in [0.15, 0.2) is 60.7 Å². The average molecular weight is 334 g/mol. The van der Waals surface area contributed by atoms with Gasteiger partial charge in [0.05, 0.1) is 0 Å². The summed E-state index contributed by atoms with van der Waals surface area (Å²) in [7, 11) is 0. The number of hydrogen-bond acceptors (Lipinski definition) is 2. The van der Waals surface area contributed by atoms with Crippen molar-refractivity contribution in [1.29, 1.82) is 0 Å². The van der Waals surface area contributed by atoms with E-state index in [4.69, 9.17) is 12.2 Å². The molecule has 0 saturated carbocycles. The van der Waals surface area contributed by atoms with Crippen molar-refractivity contribution in [2.45, 2.75) is 13.8 Å². The molecule has 0 spiro atoms. The van der Waals surface area contributed by atoms with Crippen LogP contribution in [0.25, 0.3) is 10.8 Å². The number of rotatable bonds is 2. The fourth-order valence-corrected chi connectivity index (χ4v) is 2.85. The Kier molecular flexibility index (Phi) is 4.58. The number of aryl methyl sites for hydroxylation is 2. The van der Waals surface area contributed by atoms with Gasteiger partial charge >= 0.3 is 6.03 Å². The van der Waals surface area contributed by atoms with Crippen molar-refractivity contribution in [2.24, 2.45) is 0 Å². The van der Waals surface area contributed by atoms with Crippen LogP contribution in [0.3, 0.4) is 0 Å². The second-order valence-corrected chi connectivity index (χ2v) is 6.14. The Labute approximate surface area is 146 Å². The summed E-state index contributed by atoms with van der Waals surface area (Å²) in [6.07, 6.45) is 0. The van der Waals surface area contributed by atoms with Crippen LogP contribution in [0, 0.1) is 13.8 Å². The number of carbonyl (C=O) groups is 1. The summed E-state index contributed by atoms with van der Waals surface area (Å²) in [6.45, 7) is 4.05. The lowest BCUT2D eigenvalue weighted by Crippen LogP contribution is -2.33. The summed E-state index contributed by atoms with van der Waals surface area (Å²) in [5.41, 5.74) is 3.91. The Bertz CT molecular complexity index is 929. The molecule has 3 nitrogen and oxygen atoms in total. The Morgan fingerprint density at radius 1 is 0.917 bits per heavy atom. The van der Waals surface area contributed by atoms with Crippen LogP contribution in [0.4, 0.5) is 10.5 Å². The van der Waals surface area contributed by atoms with Gasteiger partial charge in [-0.1, -0.05) is 60.7 Å². The third kappa shape index (κ3) is 3.44. The molecule has 3 rings (SSSR count). The Morgan fingerprint density at radius 2 is 1.67 bits per heavy atom. The fourth-order valence-electron chi connectivity index (χ4n) is 2.58. The van der Waals surface area contributed by atoms with E-state index in [9.17, 15) is 4.79 Å². The number of amides is 2. The van der Waals surface area contributed by atoms with E-state index in [1.807, 2.05) is 74.5 Å². The number of fused-ring (bicyclic) bond motifs is 1. The molecule has 0 unspecified atom stereocenters. The summed E-state index contributed by atoms with van der Waals surface area (Å²) in [6, 6.07) is 19.3. The molecule has 0 bridgehead atoms. The predicted molar refractivity (Wildman–Crippen MR) is 104 cm³/mol. The van der Waals surface area contributed by atoms with E-state index in [0.29, 0.717) is 4.99 Å². The topological polar surface area (TPSA) is 41.1 Å². The van der Waals surface area contributed by atoms with Gasteiger partial charge in [-0.05, 0) is 47.9 Å². The molecule has 120 valence electrons. The SMILES string of the molecule is Cc1ccc(NC(=O)NC(=S)c2cccc3ccccc23)cc1C. The second kappa shape index (κ2) is 6.81. The van der Waals surface area contributed by atoms with Gasteiger partial charge in [0.1, 0.15) is 4.99 Å². The summed E-state index contributed by atoms with van der Waals surface area (Å²) in [4.78, 5) is 12.6. The van der Waals surface area contributed by atoms with Crippen molar-refractivity contribution in [3.05, 3.63) is 77.4 Å². The van der Waals surface area contributed by atoms with Crippen LogP contribution < -0.4 is 10.6 Å². The number of benzene rings is 3. The van der Waals surface area contributed by atoms with E-state index in [2.05, 4.69) is 10.6 Å². The van der Waals surface area contributed by atoms with Gasteiger partial charge in [-0.15, -0.1) is 0 Å². The van der Waals surface area contributed by atoms with E-state index in [-0.39, 0.29) is 6.03 Å². The highest BCUT2D eigenvalue weighted by molar-refractivity contribution is 7.80. The highest BCUT2D eigenvalue weighted by Gasteiger charge is 2.10. The zero-order valence-electron chi connectivity index (χ0n) is 13.6. The molecule has 3 aromatic rings. The van der Waals surface area contributed by atoms with Crippen LogP contribution in [0.2, 0.25) is 0 Å². The smallest absolute Gasteiger partial charge is 0.308 e. The van der Waals surface area contributed by atoms with Crippen LogP contribution in [-0.2, 0) is 0 Å². The first-order valence-corrected chi connectivity index (χ1v) is 8.13. The van der Waals surface area contributed by atoms with Gasteiger partial charge in [0.15, 0.2) is 0 Å². The summed E-state index contributed by atoms with van der Waals surface area (Å²) >= 11 is 5.42. The molecule has 0 aliphatic carbocycles. The zero-order valence-corrected chi connectivity index (χ0v) is 14.4. The summed E-state index contributed by atoms with van der Waals surface area (Å²) in [5, 5.41) is 7.69. The zero-order chi connectivity index (χ0) is 17.1. The molecular formula is C20H18N2OS. The maximum absolute atomic E-state index is 12.2. The molecule has 0 fully saturated rings. The highest BCUT2D eigenvalue weighted by atomic mass is 32.1. The van der Waals surface area contributed by atoms with Crippen LogP contribution in [0.1, 0.15) is 16.7 Å². The van der Waals surface area contributed by atoms with Gasteiger partial charge < -0.3 is 5.32 Å². The molecule has 4 heteroatoms. The first-order chi connectivity index (χ1) is 11.5. The van der Waals surface area contributed by atoms with Gasteiger partial charge in [0, 0.05) is 11.3 Å². The van der Waals surface area contributed by atoms with Crippen molar-refractivity contribution in [2.75, 3.05) is 5.32 Å². The van der Waals surface area contributed by atoms with E-state index in [1.54, 1.807) is 0 Å². The number of hydrogen-bond donors (Lipinski definition) is 2. The number of anilines is 1. The van der Waals surface area contributed by atoms with Crippen LogP contribution in [-0.4, -0.2) is 11.0 Å². The Hall–Kier alpha value is -2.72. The van der Waals surface area contributed by atoms with Crippen molar-refractivity contribution < 1.29 is 4.79 Å². The molecule has 2 amide bonds. The van der Waals surface area contributed by atoms with Gasteiger partial charge in [0.2, 0.25) is 0 Å². The van der Waals surface area contributed by atoms with Crippen LogP contribution in [0.5, 0.6) is 0 Å². The average Bonchev–Trinajstić information content (AvgIpc) is 2.57. The third-order valence-electron chi connectivity index (χ3n) is 4.03. The second-order valence-electron chi connectivity index (χ2n) is 5.73. The molecule has 3 aromatic carbocycles. The third-order valence-corrected chi connectivity index (χ3v) is 4.35. The molecule has 0 atom stereocenters. The highest BCUT2D eigenvalue weighted by Crippen LogP contribution is 2.19. The Morgan fingerprint density at radius 3 is 2.46 bits per heavy atom. The first-order valence-electron chi connectivity index (χ1n) is 7.72. The number of urea groups is 1.